The fraction of sp³-hybridized carbons (Fsp3) is 0.417. The summed E-state index contributed by atoms with van der Waals surface area (Å²) >= 11 is 0. The van der Waals surface area contributed by atoms with Gasteiger partial charge in [-0.25, -0.2) is 0 Å². The molecule has 94 valence electrons. The lowest BCUT2D eigenvalue weighted by Crippen LogP contribution is -2.34. The van der Waals surface area contributed by atoms with E-state index in [4.69, 9.17) is 0 Å². The molecule has 0 aliphatic carbocycles. The van der Waals surface area contributed by atoms with Crippen LogP contribution in [0.2, 0.25) is 0 Å². The molecule has 3 N–H and O–H groups in total. The molecule has 0 spiro atoms. The highest BCUT2D eigenvalue weighted by molar-refractivity contribution is 7.45. The van der Waals surface area contributed by atoms with Gasteiger partial charge in [0, 0.05) is 12.8 Å². The zero-order valence-electron chi connectivity index (χ0n) is 9.84. The molecule has 0 aromatic heterocycles. The second kappa shape index (κ2) is 7.38. The van der Waals surface area contributed by atoms with Crippen LogP contribution in [0.4, 0.5) is 0 Å². The molecule has 0 radical (unpaired) electrons. The van der Waals surface area contributed by atoms with Gasteiger partial charge in [-0.05, 0) is 12.0 Å². The fourth-order valence-corrected chi connectivity index (χ4v) is 2.15. The molecule has 1 rings (SSSR count). The normalized spacial score (nSPS) is 12.5. The minimum atomic E-state index is -2.16. The second-order valence-corrected chi connectivity index (χ2v) is 5.11. The van der Waals surface area contributed by atoms with Crippen molar-refractivity contribution in [2.24, 2.45) is 0 Å². The molecular formula is C12H18NO3P. The van der Waals surface area contributed by atoms with Crippen molar-refractivity contribution in [3.63, 3.8) is 0 Å². The fourth-order valence-electron chi connectivity index (χ4n) is 1.51. The SMILES string of the molecule is CCCC(=O)N[C@H](Cc1ccccc1)P(O)O. The highest BCUT2D eigenvalue weighted by atomic mass is 31.2. The van der Waals surface area contributed by atoms with Crippen LogP contribution in [0.15, 0.2) is 30.3 Å². The zero-order chi connectivity index (χ0) is 12.7. The van der Waals surface area contributed by atoms with Crippen molar-refractivity contribution in [2.45, 2.75) is 32.0 Å². The van der Waals surface area contributed by atoms with E-state index in [2.05, 4.69) is 5.32 Å². The molecule has 5 heteroatoms. The summed E-state index contributed by atoms with van der Waals surface area (Å²) in [5.41, 5.74) is 0.977. The third-order valence-electron chi connectivity index (χ3n) is 2.36. The Labute approximate surface area is 103 Å². The summed E-state index contributed by atoms with van der Waals surface area (Å²) in [6, 6.07) is 9.47. The summed E-state index contributed by atoms with van der Waals surface area (Å²) in [5.74, 6) is -0.726. The van der Waals surface area contributed by atoms with Gasteiger partial charge in [0.05, 0.1) is 0 Å². The summed E-state index contributed by atoms with van der Waals surface area (Å²) in [6.07, 6.45) is 1.60. The summed E-state index contributed by atoms with van der Waals surface area (Å²) in [4.78, 5) is 30.0. The first kappa shape index (κ1) is 14.1. The lowest BCUT2D eigenvalue weighted by molar-refractivity contribution is -0.121. The predicted octanol–water partition coefficient (Wildman–Crippen LogP) is 1.77. The van der Waals surface area contributed by atoms with E-state index < -0.39 is 14.2 Å². The van der Waals surface area contributed by atoms with Crippen LogP contribution in [0.25, 0.3) is 0 Å². The maximum atomic E-state index is 11.4. The first-order valence-corrected chi connectivity index (χ1v) is 6.95. The van der Waals surface area contributed by atoms with Crippen molar-refractivity contribution in [1.82, 2.24) is 5.32 Å². The van der Waals surface area contributed by atoms with Crippen molar-refractivity contribution in [1.29, 1.82) is 0 Å². The standard InChI is InChI=1S/C12H18NO3P/c1-2-6-11(14)13-12(17(15)16)9-10-7-4-3-5-8-10/h3-5,7-8,12,15-16H,2,6,9H2,1H3,(H,13,14)/t12-/m0/s1. The predicted molar refractivity (Wildman–Crippen MR) is 68.3 cm³/mol. The topological polar surface area (TPSA) is 69.6 Å². The van der Waals surface area contributed by atoms with Crippen LogP contribution >= 0.6 is 8.38 Å². The van der Waals surface area contributed by atoms with Crippen molar-refractivity contribution in [3.8, 4) is 0 Å². The molecule has 1 aromatic rings. The maximum absolute atomic E-state index is 11.4. The Balaban J connectivity index is 2.58. The van der Waals surface area contributed by atoms with Crippen molar-refractivity contribution in [2.75, 3.05) is 0 Å². The van der Waals surface area contributed by atoms with E-state index in [1.165, 1.54) is 0 Å². The van der Waals surface area contributed by atoms with Crippen LogP contribution in [0, 0.1) is 0 Å². The Bertz CT molecular complexity index is 343. The summed E-state index contributed by atoms with van der Waals surface area (Å²) in [6.45, 7) is 1.91. The van der Waals surface area contributed by atoms with E-state index in [1.54, 1.807) is 0 Å². The zero-order valence-corrected chi connectivity index (χ0v) is 10.7. The van der Waals surface area contributed by atoms with Crippen LogP contribution in [-0.4, -0.2) is 21.5 Å². The number of carbonyl (C=O) groups is 1. The minimum Gasteiger partial charge on any atom is -0.349 e. The third-order valence-corrected chi connectivity index (χ3v) is 3.22. The number of amides is 1. The smallest absolute Gasteiger partial charge is 0.220 e. The highest BCUT2D eigenvalue weighted by Gasteiger charge is 2.20. The highest BCUT2D eigenvalue weighted by Crippen LogP contribution is 2.31. The Morgan fingerprint density at radius 2 is 2.00 bits per heavy atom. The number of hydrogen-bond donors (Lipinski definition) is 3. The summed E-state index contributed by atoms with van der Waals surface area (Å²) < 4.78 is 0. The van der Waals surface area contributed by atoms with Crippen molar-refractivity contribution in [3.05, 3.63) is 35.9 Å². The molecule has 0 aliphatic heterocycles. The van der Waals surface area contributed by atoms with Gasteiger partial charge in [0.2, 0.25) is 5.91 Å². The van der Waals surface area contributed by atoms with Crippen LogP contribution in [-0.2, 0) is 11.2 Å². The second-order valence-electron chi connectivity index (χ2n) is 3.84. The van der Waals surface area contributed by atoms with Gasteiger partial charge in [-0.3, -0.25) is 4.79 Å². The van der Waals surface area contributed by atoms with E-state index in [1.807, 2.05) is 37.3 Å². The van der Waals surface area contributed by atoms with E-state index in [0.29, 0.717) is 12.8 Å². The average Bonchev–Trinajstić information content (AvgIpc) is 2.29. The minimum absolute atomic E-state index is 0.135. The lowest BCUT2D eigenvalue weighted by Gasteiger charge is -2.19. The maximum Gasteiger partial charge on any atom is 0.220 e. The molecule has 0 saturated heterocycles. The van der Waals surface area contributed by atoms with Crippen molar-refractivity contribution >= 4 is 14.3 Å². The number of hydrogen-bond acceptors (Lipinski definition) is 3. The third kappa shape index (κ3) is 5.26. The Kier molecular flexibility index (Phi) is 6.12. The van der Waals surface area contributed by atoms with E-state index in [-0.39, 0.29) is 5.91 Å². The average molecular weight is 255 g/mol. The van der Waals surface area contributed by atoms with Gasteiger partial charge in [-0.15, -0.1) is 0 Å². The Morgan fingerprint density at radius 1 is 1.35 bits per heavy atom. The quantitative estimate of drug-likeness (QED) is 0.678. The summed E-state index contributed by atoms with van der Waals surface area (Å²) in [5, 5.41) is 2.66. The first-order chi connectivity index (χ1) is 8.13. The molecule has 4 nitrogen and oxygen atoms in total. The van der Waals surface area contributed by atoms with Gasteiger partial charge in [0.25, 0.3) is 0 Å². The monoisotopic (exact) mass is 255 g/mol. The van der Waals surface area contributed by atoms with Gasteiger partial charge in [-0.1, -0.05) is 37.3 Å². The molecule has 1 aromatic carbocycles. The van der Waals surface area contributed by atoms with Gasteiger partial charge >= 0.3 is 0 Å². The largest absolute Gasteiger partial charge is 0.349 e. The van der Waals surface area contributed by atoms with Gasteiger partial charge < -0.3 is 15.1 Å². The molecular weight excluding hydrogens is 237 g/mol. The number of nitrogens with one attached hydrogen (secondary N) is 1. The molecule has 0 heterocycles. The van der Waals surface area contributed by atoms with Crippen LogP contribution in [0.5, 0.6) is 0 Å². The molecule has 0 unspecified atom stereocenters. The van der Waals surface area contributed by atoms with E-state index >= 15 is 0 Å². The van der Waals surface area contributed by atoms with E-state index in [9.17, 15) is 14.6 Å². The van der Waals surface area contributed by atoms with Crippen LogP contribution in [0.3, 0.4) is 0 Å². The molecule has 0 aliphatic rings. The Morgan fingerprint density at radius 3 is 2.53 bits per heavy atom. The Hall–Kier alpha value is -0.960. The molecule has 0 bridgehead atoms. The first-order valence-electron chi connectivity index (χ1n) is 5.63. The summed E-state index contributed by atoms with van der Waals surface area (Å²) in [7, 11) is -2.16. The lowest BCUT2D eigenvalue weighted by atomic mass is 10.1. The van der Waals surface area contributed by atoms with Crippen LogP contribution in [0.1, 0.15) is 25.3 Å². The molecule has 17 heavy (non-hydrogen) atoms. The van der Waals surface area contributed by atoms with Crippen LogP contribution < -0.4 is 5.32 Å². The van der Waals surface area contributed by atoms with E-state index in [0.717, 1.165) is 12.0 Å². The van der Waals surface area contributed by atoms with Crippen molar-refractivity contribution < 1.29 is 14.6 Å². The number of rotatable bonds is 6. The molecule has 0 fully saturated rings. The van der Waals surface area contributed by atoms with Gasteiger partial charge in [-0.2, -0.15) is 0 Å². The molecule has 1 atom stereocenters. The van der Waals surface area contributed by atoms with Gasteiger partial charge in [0.15, 0.2) is 8.38 Å². The molecule has 1 amide bonds. The van der Waals surface area contributed by atoms with Gasteiger partial charge in [0.1, 0.15) is 5.78 Å². The number of benzene rings is 1. The molecule has 0 saturated carbocycles. The number of carbonyl (C=O) groups excluding carboxylic acids is 1.